The van der Waals surface area contributed by atoms with Gasteiger partial charge in [-0.15, -0.1) is 0 Å². The third-order valence-electron chi connectivity index (χ3n) is 4.17. The van der Waals surface area contributed by atoms with Gasteiger partial charge < -0.3 is 15.2 Å². The van der Waals surface area contributed by atoms with Gasteiger partial charge in [0, 0.05) is 19.2 Å². The van der Waals surface area contributed by atoms with E-state index in [-0.39, 0.29) is 18.5 Å². The van der Waals surface area contributed by atoms with Gasteiger partial charge in [0.2, 0.25) is 0 Å². The number of aliphatic hydroxyl groups is 1. The van der Waals surface area contributed by atoms with Crippen molar-refractivity contribution in [1.82, 2.24) is 5.32 Å². The Morgan fingerprint density at radius 1 is 1.40 bits per heavy atom. The van der Waals surface area contributed by atoms with Crippen LogP contribution < -0.4 is 5.32 Å². The molecule has 2 rings (SSSR count). The van der Waals surface area contributed by atoms with Crippen LogP contribution in [0.2, 0.25) is 0 Å². The summed E-state index contributed by atoms with van der Waals surface area (Å²) in [5, 5.41) is 12.8. The molecular weight excluding hydrogens is 254 g/mol. The fraction of sp³-hybridized carbons (Fsp3) is 0.562. The molecule has 2 N–H and O–H groups in total. The molecule has 0 amide bonds. The maximum absolute atomic E-state index is 12.0. The van der Waals surface area contributed by atoms with Crippen LogP contribution in [0.25, 0.3) is 0 Å². The number of hydrogen-bond donors (Lipinski definition) is 2. The SMILES string of the molecule is COC(=O)C(CNC1CCCC1CO)c1ccccc1. The first kappa shape index (κ1) is 15.0. The molecule has 1 saturated carbocycles. The average Bonchev–Trinajstić information content (AvgIpc) is 2.95. The maximum atomic E-state index is 12.0. The molecule has 0 bridgehead atoms. The van der Waals surface area contributed by atoms with E-state index >= 15 is 0 Å². The summed E-state index contributed by atoms with van der Waals surface area (Å²) in [5.41, 5.74) is 0.963. The van der Waals surface area contributed by atoms with E-state index in [0.717, 1.165) is 24.8 Å². The molecule has 1 aromatic rings. The fourth-order valence-electron chi connectivity index (χ4n) is 2.96. The second-order valence-electron chi connectivity index (χ2n) is 5.37. The van der Waals surface area contributed by atoms with E-state index in [1.54, 1.807) is 0 Å². The summed E-state index contributed by atoms with van der Waals surface area (Å²) in [6.07, 6.45) is 3.26. The van der Waals surface area contributed by atoms with E-state index in [1.807, 2.05) is 30.3 Å². The standard InChI is InChI=1S/C16H23NO3/c1-20-16(19)14(12-6-3-2-4-7-12)10-17-15-9-5-8-13(15)11-18/h2-4,6-7,13-15,17-18H,5,8-11H2,1H3. The molecule has 0 aromatic heterocycles. The lowest BCUT2D eigenvalue weighted by atomic mass is 9.97. The van der Waals surface area contributed by atoms with Gasteiger partial charge in [-0.1, -0.05) is 36.8 Å². The summed E-state index contributed by atoms with van der Waals surface area (Å²) in [4.78, 5) is 12.0. The van der Waals surface area contributed by atoms with E-state index in [2.05, 4.69) is 5.32 Å². The summed E-state index contributed by atoms with van der Waals surface area (Å²) in [6.45, 7) is 0.768. The first-order valence-electron chi connectivity index (χ1n) is 7.23. The quantitative estimate of drug-likeness (QED) is 0.777. The van der Waals surface area contributed by atoms with Crippen LogP contribution in [0.5, 0.6) is 0 Å². The third kappa shape index (κ3) is 3.58. The minimum atomic E-state index is -0.291. The van der Waals surface area contributed by atoms with Crippen LogP contribution in [0, 0.1) is 5.92 Å². The number of benzene rings is 1. The Bertz CT molecular complexity index is 421. The predicted molar refractivity (Wildman–Crippen MR) is 77.4 cm³/mol. The third-order valence-corrected chi connectivity index (χ3v) is 4.17. The van der Waals surface area contributed by atoms with E-state index in [1.165, 1.54) is 7.11 Å². The van der Waals surface area contributed by atoms with Gasteiger partial charge in [0.25, 0.3) is 0 Å². The van der Waals surface area contributed by atoms with Gasteiger partial charge in [-0.25, -0.2) is 0 Å². The molecule has 1 fully saturated rings. The number of ether oxygens (including phenoxy) is 1. The molecule has 3 atom stereocenters. The van der Waals surface area contributed by atoms with Crippen molar-refractivity contribution in [2.24, 2.45) is 5.92 Å². The van der Waals surface area contributed by atoms with Gasteiger partial charge in [0.05, 0.1) is 13.0 Å². The van der Waals surface area contributed by atoms with Crippen LogP contribution >= 0.6 is 0 Å². The molecule has 4 nitrogen and oxygen atoms in total. The molecule has 1 aromatic carbocycles. The number of esters is 1. The van der Waals surface area contributed by atoms with Crippen LogP contribution in [0.4, 0.5) is 0 Å². The first-order chi connectivity index (χ1) is 9.76. The molecule has 110 valence electrons. The van der Waals surface area contributed by atoms with E-state index < -0.39 is 0 Å². The predicted octanol–water partition coefficient (Wildman–Crippen LogP) is 1.69. The summed E-state index contributed by atoms with van der Waals surface area (Å²) in [7, 11) is 1.42. The number of hydrogen-bond acceptors (Lipinski definition) is 4. The number of carbonyl (C=O) groups excluding carboxylic acids is 1. The zero-order valence-electron chi connectivity index (χ0n) is 11.9. The van der Waals surface area contributed by atoms with Crippen molar-refractivity contribution >= 4 is 5.97 Å². The van der Waals surface area contributed by atoms with Crippen molar-refractivity contribution in [2.45, 2.75) is 31.2 Å². The largest absolute Gasteiger partial charge is 0.469 e. The van der Waals surface area contributed by atoms with Gasteiger partial charge in [-0.05, 0) is 24.3 Å². The number of nitrogens with one attached hydrogen (secondary N) is 1. The van der Waals surface area contributed by atoms with Crippen molar-refractivity contribution in [1.29, 1.82) is 0 Å². The number of aliphatic hydroxyl groups excluding tert-OH is 1. The highest BCUT2D eigenvalue weighted by Gasteiger charge is 2.28. The normalized spacial score (nSPS) is 23.5. The lowest BCUT2D eigenvalue weighted by Gasteiger charge is -2.22. The fourth-order valence-corrected chi connectivity index (χ4v) is 2.96. The highest BCUT2D eigenvalue weighted by atomic mass is 16.5. The smallest absolute Gasteiger partial charge is 0.314 e. The first-order valence-corrected chi connectivity index (χ1v) is 7.23. The molecule has 3 unspecified atom stereocenters. The zero-order valence-corrected chi connectivity index (χ0v) is 11.9. The second-order valence-corrected chi connectivity index (χ2v) is 5.37. The lowest BCUT2D eigenvalue weighted by Crippen LogP contribution is -2.38. The van der Waals surface area contributed by atoms with Crippen molar-refractivity contribution in [2.75, 3.05) is 20.3 Å². The van der Waals surface area contributed by atoms with Crippen molar-refractivity contribution < 1.29 is 14.6 Å². The Morgan fingerprint density at radius 2 is 2.15 bits per heavy atom. The summed E-state index contributed by atoms with van der Waals surface area (Å²) in [5.74, 6) is -0.201. The molecular formula is C16H23NO3. The lowest BCUT2D eigenvalue weighted by molar-refractivity contribution is -0.142. The highest BCUT2D eigenvalue weighted by Crippen LogP contribution is 2.26. The van der Waals surface area contributed by atoms with Gasteiger partial charge in [0.1, 0.15) is 0 Å². The van der Waals surface area contributed by atoms with Gasteiger partial charge in [-0.3, -0.25) is 4.79 Å². The topological polar surface area (TPSA) is 58.6 Å². The second kappa shape index (κ2) is 7.41. The monoisotopic (exact) mass is 277 g/mol. The average molecular weight is 277 g/mol. The van der Waals surface area contributed by atoms with Crippen LogP contribution in [0.3, 0.4) is 0 Å². The minimum absolute atomic E-state index is 0.214. The maximum Gasteiger partial charge on any atom is 0.314 e. The molecule has 0 radical (unpaired) electrons. The number of carbonyl (C=O) groups is 1. The Kier molecular flexibility index (Phi) is 5.56. The Morgan fingerprint density at radius 3 is 2.80 bits per heavy atom. The molecule has 0 saturated heterocycles. The molecule has 1 aliphatic carbocycles. The van der Waals surface area contributed by atoms with E-state index in [4.69, 9.17) is 4.74 Å². The van der Waals surface area contributed by atoms with Crippen molar-refractivity contribution in [3.05, 3.63) is 35.9 Å². The van der Waals surface area contributed by atoms with Crippen LogP contribution in [-0.4, -0.2) is 37.4 Å². The zero-order chi connectivity index (χ0) is 14.4. The Hall–Kier alpha value is -1.39. The molecule has 20 heavy (non-hydrogen) atoms. The van der Waals surface area contributed by atoms with Crippen molar-refractivity contribution in [3.63, 3.8) is 0 Å². The summed E-state index contributed by atoms with van der Waals surface area (Å²) in [6, 6.07) is 9.98. The minimum Gasteiger partial charge on any atom is -0.469 e. The Balaban J connectivity index is 2.00. The van der Waals surface area contributed by atoms with Gasteiger partial charge >= 0.3 is 5.97 Å². The van der Waals surface area contributed by atoms with Crippen molar-refractivity contribution in [3.8, 4) is 0 Å². The summed E-state index contributed by atoms with van der Waals surface area (Å²) >= 11 is 0. The molecule has 1 aliphatic rings. The van der Waals surface area contributed by atoms with Crippen LogP contribution in [0.1, 0.15) is 30.7 Å². The molecule has 0 heterocycles. The number of methoxy groups -OCH3 is 1. The van der Waals surface area contributed by atoms with Gasteiger partial charge in [0.15, 0.2) is 0 Å². The molecule has 0 aliphatic heterocycles. The molecule has 4 heteroatoms. The van der Waals surface area contributed by atoms with Gasteiger partial charge in [-0.2, -0.15) is 0 Å². The van der Waals surface area contributed by atoms with E-state index in [9.17, 15) is 9.90 Å². The molecule has 0 spiro atoms. The number of rotatable bonds is 6. The van der Waals surface area contributed by atoms with Crippen LogP contribution in [0.15, 0.2) is 30.3 Å². The van der Waals surface area contributed by atoms with Crippen LogP contribution in [-0.2, 0) is 9.53 Å². The summed E-state index contributed by atoms with van der Waals surface area (Å²) < 4.78 is 4.91. The van der Waals surface area contributed by atoms with E-state index in [0.29, 0.717) is 18.5 Å². The Labute approximate surface area is 120 Å². The highest BCUT2D eigenvalue weighted by molar-refractivity contribution is 5.78.